The molecule has 2 aromatic rings. The fourth-order valence-corrected chi connectivity index (χ4v) is 2.59. The topological polar surface area (TPSA) is 124 Å². The average molecular weight is 424 g/mol. The van der Waals surface area contributed by atoms with Gasteiger partial charge >= 0.3 is 17.6 Å². The van der Waals surface area contributed by atoms with Gasteiger partial charge in [-0.25, -0.2) is 9.97 Å². The van der Waals surface area contributed by atoms with E-state index < -0.39 is 55.4 Å². The zero-order valence-corrected chi connectivity index (χ0v) is 14.6. The Morgan fingerprint density at radius 3 is 2.32 bits per heavy atom. The smallest absolute Gasteiger partial charge is 0.329 e. The van der Waals surface area contributed by atoms with E-state index in [0.29, 0.717) is 12.5 Å². The molecule has 0 saturated carbocycles. The summed E-state index contributed by atoms with van der Waals surface area (Å²) in [4.78, 5) is 27.3. The van der Waals surface area contributed by atoms with Crippen LogP contribution in [0, 0.1) is 26.2 Å². The Labute approximate surface area is 158 Å². The number of anilines is 2. The average Bonchev–Trinajstić information content (AvgIpc) is 2.52. The molecule has 0 saturated heterocycles. The summed E-state index contributed by atoms with van der Waals surface area (Å²) in [5.41, 5.74) is -5.38. The van der Waals surface area contributed by atoms with Crippen LogP contribution >= 0.6 is 11.6 Å². The molecule has 0 aliphatic heterocycles. The standard InChI is InChI=1S/C14H10ClF4N5O4/c1-2-3-9-20-8(16)5-10(21-9)22-12-7(23(25)26)4-6(14(17,18)19)11(15)13(12)24(27)28/h4-5H,2-3H2,1H3,(H,20,21,22). The van der Waals surface area contributed by atoms with Crippen molar-refractivity contribution in [2.75, 3.05) is 5.32 Å². The lowest BCUT2D eigenvalue weighted by atomic mass is 10.1. The fraction of sp³-hybridized carbons (Fsp3) is 0.286. The number of rotatable bonds is 6. The molecule has 0 atom stereocenters. The first-order valence-electron chi connectivity index (χ1n) is 7.48. The molecule has 9 nitrogen and oxygen atoms in total. The lowest BCUT2D eigenvalue weighted by Gasteiger charge is -2.13. The summed E-state index contributed by atoms with van der Waals surface area (Å²) in [6.45, 7) is 1.74. The number of nitro benzene ring substituents is 2. The fourth-order valence-electron chi connectivity index (χ4n) is 2.27. The van der Waals surface area contributed by atoms with Crippen molar-refractivity contribution in [2.24, 2.45) is 0 Å². The third-order valence-electron chi connectivity index (χ3n) is 3.37. The maximum Gasteiger partial charge on any atom is 0.418 e. The van der Waals surface area contributed by atoms with Crippen molar-refractivity contribution < 1.29 is 27.4 Å². The van der Waals surface area contributed by atoms with E-state index in [-0.39, 0.29) is 18.3 Å². The van der Waals surface area contributed by atoms with Gasteiger partial charge in [-0.1, -0.05) is 18.5 Å². The highest BCUT2D eigenvalue weighted by Crippen LogP contribution is 2.48. The second-order valence-electron chi connectivity index (χ2n) is 5.36. The molecule has 0 aliphatic rings. The molecule has 0 bridgehead atoms. The molecular formula is C14H10ClF4N5O4. The van der Waals surface area contributed by atoms with Gasteiger partial charge in [0.2, 0.25) is 5.95 Å². The largest absolute Gasteiger partial charge is 0.418 e. The number of nitro groups is 2. The van der Waals surface area contributed by atoms with E-state index in [1.807, 2.05) is 0 Å². The highest BCUT2D eigenvalue weighted by molar-refractivity contribution is 6.34. The van der Waals surface area contributed by atoms with Crippen LogP contribution in [0.1, 0.15) is 24.7 Å². The van der Waals surface area contributed by atoms with Crippen molar-refractivity contribution in [1.82, 2.24) is 9.97 Å². The van der Waals surface area contributed by atoms with Crippen LogP contribution in [0.3, 0.4) is 0 Å². The summed E-state index contributed by atoms with van der Waals surface area (Å²) < 4.78 is 52.8. The number of aromatic nitrogens is 2. The Morgan fingerprint density at radius 1 is 1.18 bits per heavy atom. The van der Waals surface area contributed by atoms with Crippen LogP contribution in [-0.2, 0) is 12.6 Å². The second-order valence-corrected chi connectivity index (χ2v) is 5.74. The minimum atomic E-state index is -5.18. The van der Waals surface area contributed by atoms with Gasteiger partial charge in [0, 0.05) is 18.6 Å². The summed E-state index contributed by atoms with van der Waals surface area (Å²) in [6, 6.07) is 0.736. The molecule has 1 N–H and O–H groups in total. The second kappa shape index (κ2) is 7.88. The molecule has 0 amide bonds. The van der Waals surface area contributed by atoms with Gasteiger partial charge in [0.15, 0.2) is 5.69 Å². The van der Waals surface area contributed by atoms with E-state index in [4.69, 9.17) is 11.6 Å². The molecule has 0 fully saturated rings. The molecule has 150 valence electrons. The summed E-state index contributed by atoms with van der Waals surface area (Å²) in [5, 5.41) is 23.3. The Morgan fingerprint density at radius 2 is 1.82 bits per heavy atom. The number of aryl methyl sites for hydroxylation is 1. The van der Waals surface area contributed by atoms with Crippen molar-refractivity contribution in [1.29, 1.82) is 0 Å². The van der Waals surface area contributed by atoms with Crippen LogP contribution in [0.4, 0.5) is 40.4 Å². The van der Waals surface area contributed by atoms with E-state index in [0.717, 1.165) is 0 Å². The van der Waals surface area contributed by atoms with Crippen LogP contribution in [0.2, 0.25) is 5.02 Å². The Hall–Kier alpha value is -3.09. The van der Waals surface area contributed by atoms with Crippen LogP contribution in [0.5, 0.6) is 0 Å². The van der Waals surface area contributed by atoms with Crippen molar-refractivity contribution in [3.8, 4) is 0 Å². The Bertz CT molecular complexity index is 954. The monoisotopic (exact) mass is 423 g/mol. The first-order chi connectivity index (χ1) is 13.0. The van der Waals surface area contributed by atoms with E-state index >= 15 is 0 Å². The number of benzene rings is 1. The molecule has 2 rings (SSSR count). The van der Waals surface area contributed by atoms with E-state index in [2.05, 4.69) is 15.3 Å². The summed E-state index contributed by atoms with van der Waals surface area (Å²) in [7, 11) is 0. The third kappa shape index (κ3) is 4.42. The molecule has 14 heteroatoms. The molecule has 0 aliphatic carbocycles. The molecule has 28 heavy (non-hydrogen) atoms. The highest BCUT2D eigenvalue weighted by atomic mass is 35.5. The lowest BCUT2D eigenvalue weighted by molar-refractivity contribution is -0.392. The van der Waals surface area contributed by atoms with E-state index in [1.165, 1.54) is 0 Å². The van der Waals surface area contributed by atoms with E-state index in [1.54, 1.807) is 6.92 Å². The first-order valence-corrected chi connectivity index (χ1v) is 7.86. The Kier molecular flexibility index (Phi) is 5.97. The number of alkyl halides is 3. The van der Waals surface area contributed by atoms with Crippen molar-refractivity contribution in [2.45, 2.75) is 25.9 Å². The predicted octanol–water partition coefficient (Wildman–Crippen LogP) is 4.80. The molecule has 0 radical (unpaired) electrons. The van der Waals surface area contributed by atoms with Crippen LogP contribution in [-0.4, -0.2) is 19.8 Å². The summed E-state index contributed by atoms with van der Waals surface area (Å²) in [6.07, 6.45) is -4.43. The molecular weight excluding hydrogens is 414 g/mol. The zero-order valence-electron chi connectivity index (χ0n) is 13.9. The quantitative estimate of drug-likeness (QED) is 0.306. The van der Waals surface area contributed by atoms with Crippen LogP contribution in [0.25, 0.3) is 0 Å². The summed E-state index contributed by atoms with van der Waals surface area (Å²) >= 11 is 5.52. The third-order valence-corrected chi connectivity index (χ3v) is 3.75. The molecule has 1 heterocycles. The first kappa shape index (κ1) is 21.2. The molecule has 1 aromatic carbocycles. The molecule has 1 aromatic heterocycles. The number of nitrogens with zero attached hydrogens (tertiary/aromatic N) is 4. The van der Waals surface area contributed by atoms with Crippen molar-refractivity contribution >= 4 is 34.5 Å². The maximum atomic E-state index is 13.6. The van der Waals surface area contributed by atoms with E-state index in [9.17, 15) is 37.8 Å². The van der Waals surface area contributed by atoms with Gasteiger partial charge in [0.1, 0.15) is 16.7 Å². The highest BCUT2D eigenvalue weighted by Gasteiger charge is 2.42. The van der Waals surface area contributed by atoms with Gasteiger partial charge < -0.3 is 5.32 Å². The van der Waals surface area contributed by atoms with Gasteiger partial charge in [-0.3, -0.25) is 20.2 Å². The molecule has 0 spiro atoms. The van der Waals surface area contributed by atoms with Crippen LogP contribution < -0.4 is 5.32 Å². The van der Waals surface area contributed by atoms with Gasteiger partial charge in [-0.2, -0.15) is 17.6 Å². The van der Waals surface area contributed by atoms with Crippen molar-refractivity contribution in [3.05, 3.63) is 54.7 Å². The normalized spacial score (nSPS) is 11.4. The summed E-state index contributed by atoms with van der Waals surface area (Å²) in [5.74, 6) is -1.46. The number of hydrogen-bond acceptors (Lipinski definition) is 7. The number of hydrogen-bond donors (Lipinski definition) is 1. The lowest BCUT2D eigenvalue weighted by Crippen LogP contribution is -2.11. The van der Waals surface area contributed by atoms with Gasteiger partial charge in [0.25, 0.3) is 0 Å². The predicted molar refractivity (Wildman–Crippen MR) is 89.0 cm³/mol. The van der Waals surface area contributed by atoms with Gasteiger partial charge in [-0.15, -0.1) is 0 Å². The van der Waals surface area contributed by atoms with Crippen molar-refractivity contribution in [3.63, 3.8) is 0 Å². The van der Waals surface area contributed by atoms with Gasteiger partial charge in [-0.05, 0) is 6.42 Å². The van der Waals surface area contributed by atoms with Gasteiger partial charge in [0.05, 0.1) is 15.4 Å². The minimum absolute atomic E-state index is 0.00619. The molecule has 0 unspecified atom stereocenters. The number of nitrogens with one attached hydrogen (secondary N) is 1. The SMILES string of the molecule is CCCc1nc(F)cc(Nc2c([N+](=O)[O-])cc(C(F)(F)F)c(Cl)c2[N+](=O)[O-])n1. The maximum absolute atomic E-state index is 13.6. The number of halogens is 5. The Balaban J connectivity index is 2.74. The minimum Gasteiger partial charge on any atom is -0.329 e. The van der Waals surface area contributed by atoms with Crippen LogP contribution in [0.15, 0.2) is 12.1 Å². The zero-order chi connectivity index (χ0) is 21.2.